The molecule has 0 aromatic carbocycles. The third-order valence-corrected chi connectivity index (χ3v) is 12.2. The van der Waals surface area contributed by atoms with Gasteiger partial charge in [-0.1, -0.05) is 0 Å². The Labute approximate surface area is 56.5 Å². The van der Waals surface area contributed by atoms with Gasteiger partial charge in [0.05, 0.1) is 0 Å². The zero-order valence-electron chi connectivity index (χ0n) is 2.81. The van der Waals surface area contributed by atoms with E-state index < -0.39 is 22.4 Å². The van der Waals surface area contributed by atoms with Crippen molar-refractivity contribution < 1.29 is 13.0 Å². The first-order valence-electron chi connectivity index (χ1n) is 0.956. The van der Waals surface area contributed by atoms with Crippen molar-refractivity contribution in [1.29, 1.82) is 0 Å². The van der Waals surface area contributed by atoms with Gasteiger partial charge in [0, 0.05) is 0 Å². The van der Waals surface area contributed by atoms with Crippen LogP contribution in [0.2, 0.25) is 0 Å². The van der Waals surface area contributed by atoms with E-state index in [-0.39, 0.29) is 0 Å². The van der Waals surface area contributed by atoms with Crippen molar-refractivity contribution in [3.63, 3.8) is 0 Å². The number of halogens is 3. The fraction of sp³-hybridized carbons (Fsp3) is 0. The van der Waals surface area contributed by atoms with Crippen molar-refractivity contribution in [1.82, 2.24) is 0 Å². The zero-order valence-corrected chi connectivity index (χ0v) is 8.12. The molecule has 0 rings (SSSR count). The van der Waals surface area contributed by atoms with Gasteiger partial charge in [-0.25, -0.2) is 0 Å². The maximum atomic E-state index is 9.78. The average molecular weight is 323 g/mol. The maximum absolute atomic E-state index is 9.78. The Hall–Kier alpha value is 1.41. The van der Waals surface area contributed by atoms with Crippen LogP contribution >= 0.6 is 36.7 Å². The van der Waals surface area contributed by atoms with Gasteiger partial charge in [0.25, 0.3) is 0 Å². The summed E-state index contributed by atoms with van der Waals surface area (Å²) in [7, 11) is 1.09. The number of rotatable bonds is 1. The number of hydrogen-bond acceptors (Lipinski definition) is 2. The normalized spacial score (nSPS) is 13.9. The fourth-order valence-electron chi connectivity index (χ4n) is 0. The third kappa shape index (κ3) is 3.95. The minimum atomic E-state index is -3.90. The van der Waals surface area contributed by atoms with Gasteiger partial charge < -0.3 is 0 Å². The van der Waals surface area contributed by atoms with Crippen LogP contribution in [-0.2, 0) is 7.29 Å². The molecule has 0 aromatic rings. The molecule has 3 nitrogen and oxygen atoms in total. The van der Waals surface area contributed by atoms with Crippen molar-refractivity contribution >= 4 is 44.0 Å². The van der Waals surface area contributed by atoms with Crippen LogP contribution in [0, 0.1) is 0 Å². The zero-order chi connectivity index (χ0) is 6.08. The summed E-state index contributed by atoms with van der Waals surface area (Å²) in [5.41, 5.74) is 0. The van der Waals surface area contributed by atoms with Gasteiger partial charge in [0.15, 0.2) is 0 Å². The van der Waals surface area contributed by atoms with E-state index in [1.165, 1.54) is 0 Å². The summed E-state index contributed by atoms with van der Waals surface area (Å²) in [6.45, 7) is 0. The van der Waals surface area contributed by atoms with Crippen molar-refractivity contribution in [2.24, 2.45) is 0 Å². The summed E-state index contributed by atoms with van der Waals surface area (Å²) in [6.07, 6.45) is 0. The summed E-state index contributed by atoms with van der Waals surface area (Å²) in [6, 6.07) is 0. The summed E-state index contributed by atoms with van der Waals surface area (Å²) < 4.78 is 27.5. The molecule has 0 atom stereocenters. The summed E-state index contributed by atoms with van der Waals surface area (Å²) in [5, 5.41) is 0. The van der Waals surface area contributed by atoms with Crippen LogP contribution in [0.3, 0.4) is 0 Å². The van der Waals surface area contributed by atoms with Crippen LogP contribution in [-0.4, -0.2) is 13.0 Å². The monoisotopic (exact) mass is 322 g/mol. The average Bonchev–Trinajstić information content (AvgIpc) is 1.31. The minimum absolute atomic E-state index is 2.58. The van der Waals surface area contributed by atoms with Crippen molar-refractivity contribution in [2.75, 3.05) is 0 Å². The van der Waals surface area contributed by atoms with Crippen LogP contribution < -0.4 is 0 Å². The van der Waals surface area contributed by atoms with Crippen LogP contribution in [0.4, 0.5) is 0 Å². The molecule has 0 aliphatic rings. The first-order valence-corrected chi connectivity index (χ1v) is 12.5. The second-order valence-corrected chi connectivity index (χ2v) is 19.8. The van der Waals surface area contributed by atoms with Gasteiger partial charge in [0.1, 0.15) is 0 Å². The fourth-order valence-corrected chi connectivity index (χ4v) is 0. The molecule has 7 heteroatoms. The predicted molar refractivity (Wildman–Crippen MR) is 40.3 cm³/mol. The van der Waals surface area contributed by atoms with E-state index in [0.717, 1.165) is 0 Å². The molecule has 0 fully saturated rings. The predicted octanol–water partition coefficient (Wildman–Crippen LogP) is 1.76. The Bertz CT molecular complexity index is 137. The Morgan fingerprint density at radius 3 is 1.86 bits per heavy atom. The summed E-state index contributed by atoms with van der Waals surface area (Å²) in [4.78, 5) is 0. The van der Waals surface area contributed by atoms with Crippen LogP contribution in [0.5, 0.6) is 0 Å². The van der Waals surface area contributed by atoms with Gasteiger partial charge in [-0.2, -0.15) is 0 Å². The van der Waals surface area contributed by atoms with Crippen molar-refractivity contribution in [3.8, 4) is 0 Å². The quantitative estimate of drug-likeness (QED) is 0.454. The molecule has 0 bridgehead atoms. The second kappa shape index (κ2) is 2.81. The molecule has 46 valence electrons. The molecule has 1 N–H and O–H groups in total. The molecule has 0 saturated heterocycles. The Balaban J connectivity index is 4.10. The first-order chi connectivity index (χ1) is 2.94. The molecule has 0 aliphatic heterocycles. The molecule has 0 saturated carbocycles. The van der Waals surface area contributed by atoms with E-state index >= 15 is 0 Å². The molecule has 0 heterocycles. The molecule has 0 aromatic heterocycles. The molecule has 0 amide bonds. The molecule has 0 aliphatic carbocycles. The molecular weight excluding hydrogens is 322 g/mol. The Morgan fingerprint density at radius 1 is 1.71 bits per heavy atom. The topological polar surface area (TPSA) is 54.4 Å². The second-order valence-electron chi connectivity index (χ2n) is 0.583. The van der Waals surface area contributed by atoms with E-state index in [1.54, 1.807) is 0 Å². The SMILES string of the molecule is O=S(=O)(O)I(Cl)Br. The van der Waals surface area contributed by atoms with Gasteiger partial charge in [-0.05, 0) is 0 Å². The van der Waals surface area contributed by atoms with Crippen LogP contribution in [0.15, 0.2) is 0 Å². The molecule has 0 spiro atoms. The Kier molecular flexibility index (Phi) is 3.38. The van der Waals surface area contributed by atoms with E-state index in [1.807, 2.05) is 0 Å². The van der Waals surface area contributed by atoms with Crippen molar-refractivity contribution in [3.05, 3.63) is 0 Å². The van der Waals surface area contributed by atoms with Gasteiger partial charge in [0.2, 0.25) is 0 Å². The van der Waals surface area contributed by atoms with Gasteiger partial charge >= 0.3 is 56.9 Å². The summed E-state index contributed by atoms with van der Waals surface area (Å²) >= 11 is -0.116. The molecule has 7 heavy (non-hydrogen) atoms. The standard InChI is InChI=1S/BrClHIO3S/c1-3(2)7(4,5)6/h(H,4,5,6). The van der Waals surface area contributed by atoms with Crippen LogP contribution in [0.1, 0.15) is 0 Å². The van der Waals surface area contributed by atoms with E-state index in [4.69, 9.17) is 13.5 Å². The number of hydrogen-bond donors (Lipinski definition) is 1. The van der Waals surface area contributed by atoms with Crippen molar-refractivity contribution in [2.45, 2.75) is 0 Å². The molecular formula is HBrClIO3S. The van der Waals surface area contributed by atoms with Crippen LogP contribution in [0.25, 0.3) is 0 Å². The van der Waals surface area contributed by atoms with Gasteiger partial charge in [-0.15, -0.1) is 0 Å². The molecule has 0 unspecified atom stereocenters. The third-order valence-electron chi connectivity index (χ3n) is 0.147. The van der Waals surface area contributed by atoms with E-state index in [9.17, 15) is 8.42 Å². The van der Waals surface area contributed by atoms with E-state index in [0.29, 0.717) is 0 Å². The summed E-state index contributed by atoms with van der Waals surface area (Å²) in [5.74, 6) is 0. The Morgan fingerprint density at radius 2 is 1.86 bits per heavy atom. The first kappa shape index (κ1) is 8.41. The van der Waals surface area contributed by atoms with Gasteiger partial charge in [-0.3, -0.25) is 0 Å². The van der Waals surface area contributed by atoms with E-state index in [2.05, 4.69) is 12.7 Å². The molecule has 0 radical (unpaired) electrons.